The van der Waals surface area contributed by atoms with Crippen LogP contribution < -0.4 is 9.47 Å². The first-order valence-electron chi connectivity index (χ1n) is 5.73. The fourth-order valence-corrected chi connectivity index (χ4v) is 1.56. The van der Waals surface area contributed by atoms with Crippen LogP contribution in [0.5, 0.6) is 11.5 Å². The van der Waals surface area contributed by atoms with Crippen LogP contribution in [-0.2, 0) is 4.74 Å². The lowest BCUT2D eigenvalue weighted by molar-refractivity contribution is -0.105. The summed E-state index contributed by atoms with van der Waals surface area (Å²) in [5, 5.41) is 0. The van der Waals surface area contributed by atoms with Gasteiger partial charge in [0.2, 0.25) is 0 Å². The molecule has 1 aromatic carbocycles. The van der Waals surface area contributed by atoms with Gasteiger partial charge in [0.25, 0.3) is 0 Å². The normalized spacial score (nSPS) is 21.9. The second-order valence-corrected chi connectivity index (χ2v) is 3.50. The molecule has 0 N–H and O–H groups in total. The van der Waals surface area contributed by atoms with Crippen LogP contribution in [0.1, 0.15) is 20.6 Å². The standard InChI is InChI=1S/C12H16O3/c1-13-10-5-4-6-11(9-10)15-12-7-2-3-8-14-12/h4-6,9,12H,2-3,7-8H2,1H3/i9D. The van der Waals surface area contributed by atoms with Crippen molar-refractivity contribution in [2.45, 2.75) is 25.6 Å². The van der Waals surface area contributed by atoms with Crippen LogP contribution in [0.2, 0.25) is 0 Å². The van der Waals surface area contributed by atoms with Gasteiger partial charge in [0.15, 0.2) is 6.29 Å². The number of benzene rings is 1. The van der Waals surface area contributed by atoms with E-state index in [-0.39, 0.29) is 12.3 Å². The Bertz CT molecular complexity index is 348. The summed E-state index contributed by atoms with van der Waals surface area (Å²) >= 11 is 0. The average molecular weight is 209 g/mol. The third kappa shape index (κ3) is 2.86. The van der Waals surface area contributed by atoms with Crippen LogP contribution in [0.25, 0.3) is 0 Å². The molecule has 1 aromatic rings. The summed E-state index contributed by atoms with van der Waals surface area (Å²) in [5.41, 5.74) is 0. The quantitative estimate of drug-likeness (QED) is 0.765. The highest BCUT2D eigenvalue weighted by atomic mass is 16.7. The van der Waals surface area contributed by atoms with Crippen LogP contribution in [0.4, 0.5) is 0 Å². The Hall–Kier alpha value is -1.22. The van der Waals surface area contributed by atoms with Crippen LogP contribution in [0, 0.1) is 0 Å². The van der Waals surface area contributed by atoms with Gasteiger partial charge in [-0.15, -0.1) is 0 Å². The Morgan fingerprint density at radius 1 is 1.40 bits per heavy atom. The number of rotatable bonds is 3. The van der Waals surface area contributed by atoms with Gasteiger partial charge in [-0.25, -0.2) is 0 Å². The van der Waals surface area contributed by atoms with E-state index in [9.17, 15) is 0 Å². The van der Waals surface area contributed by atoms with Crippen LogP contribution in [0.15, 0.2) is 24.2 Å². The first kappa shape index (κ1) is 9.04. The minimum Gasteiger partial charge on any atom is -0.497 e. The summed E-state index contributed by atoms with van der Waals surface area (Å²) in [5.74, 6) is 1.04. The summed E-state index contributed by atoms with van der Waals surface area (Å²) < 4.78 is 24.0. The van der Waals surface area contributed by atoms with E-state index in [0.29, 0.717) is 11.5 Å². The van der Waals surface area contributed by atoms with Gasteiger partial charge in [-0.3, -0.25) is 0 Å². The van der Waals surface area contributed by atoms with E-state index in [4.69, 9.17) is 15.6 Å². The maximum absolute atomic E-state index is 7.86. The molecule has 2 rings (SSSR count). The van der Waals surface area contributed by atoms with Crippen LogP contribution in [0.3, 0.4) is 0 Å². The maximum Gasteiger partial charge on any atom is 0.199 e. The summed E-state index contributed by atoms with van der Waals surface area (Å²) in [6.07, 6.45) is 2.87. The van der Waals surface area contributed by atoms with E-state index in [0.717, 1.165) is 25.9 Å². The van der Waals surface area contributed by atoms with Crippen molar-refractivity contribution in [1.29, 1.82) is 0 Å². The van der Waals surface area contributed by atoms with Gasteiger partial charge in [0.05, 0.1) is 15.1 Å². The van der Waals surface area contributed by atoms with Gasteiger partial charge >= 0.3 is 0 Å². The molecule has 1 fully saturated rings. The van der Waals surface area contributed by atoms with Crippen molar-refractivity contribution in [3.63, 3.8) is 0 Å². The van der Waals surface area contributed by atoms with E-state index < -0.39 is 0 Å². The topological polar surface area (TPSA) is 27.7 Å². The molecule has 1 aliphatic rings. The summed E-state index contributed by atoms with van der Waals surface area (Å²) in [6, 6.07) is 5.61. The molecule has 1 heterocycles. The van der Waals surface area contributed by atoms with Gasteiger partial charge in [0, 0.05) is 12.5 Å². The zero-order valence-electron chi connectivity index (χ0n) is 9.86. The first-order valence-corrected chi connectivity index (χ1v) is 5.23. The second kappa shape index (κ2) is 5.03. The van der Waals surface area contributed by atoms with Crippen molar-refractivity contribution >= 4 is 0 Å². The third-order valence-corrected chi connectivity index (χ3v) is 2.36. The summed E-state index contributed by atoms with van der Waals surface area (Å²) in [7, 11) is 1.55. The molecule has 1 aliphatic heterocycles. The minimum absolute atomic E-state index is 0.218. The highest BCUT2D eigenvalue weighted by Crippen LogP contribution is 2.22. The Morgan fingerprint density at radius 3 is 3.00 bits per heavy atom. The molecule has 0 aromatic heterocycles. The lowest BCUT2D eigenvalue weighted by Crippen LogP contribution is -2.24. The minimum atomic E-state index is -0.218. The molecule has 0 radical (unpaired) electrons. The number of methoxy groups -OCH3 is 1. The molecule has 0 aliphatic carbocycles. The Morgan fingerprint density at radius 2 is 2.27 bits per heavy atom. The molecule has 1 saturated heterocycles. The first-order chi connectivity index (χ1) is 7.81. The van der Waals surface area contributed by atoms with Crippen molar-refractivity contribution in [3.05, 3.63) is 24.2 Å². The zero-order chi connectivity index (χ0) is 11.4. The van der Waals surface area contributed by atoms with E-state index in [1.54, 1.807) is 19.2 Å². The van der Waals surface area contributed by atoms with Gasteiger partial charge in [-0.05, 0) is 25.0 Å². The molecule has 0 bridgehead atoms. The zero-order valence-corrected chi connectivity index (χ0v) is 8.86. The molecule has 0 amide bonds. The van der Waals surface area contributed by atoms with E-state index in [2.05, 4.69) is 0 Å². The van der Waals surface area contributed by atoms with Crippen molar-refractivity contribution in [3.8, 4) is 11.5 Å². The van der Waals surface area contributed by atoms with Crippen molar-refractivity contribution < 1.29 is 15.6 Å². The van der Waals surface area contributed by atoms with Gasteiger partial charge in [-0.2, -0.15) is 0 Å². The molecular formula is C12H16O3. The Balaban J connectivity index is 2.08. The molecule has 1 atom stereocenters. The Labute approximate surface area is 91.4 Å². The van der Waals surface area contributed by atoms with Gasteiger partial charge < -0.3 is 14.2 Å². The molecule has 15 heavy (non-hydrogen) atoms. The van der Waals surface area contributed by atoms with Gasteiger partial charge in [0.1, 0.15) is 11.5 Å². The van der Waals surface area contributed by atoms with E-state index in [1.807, 2.05) is 6.07 Å². The molecule has 3 nitrogen and oxygen atoms in total. The smallest absolute Gasteiger partial charge is 0.199 e. The maximum atomic E-state index is 7.86. The average Bonchev–Trinajstić information content (AvgIpc) is 2.33. The number of hydrogen-bond donors (Lipinski definition) is 0. The number of hydrogen-bond acceptors (Lipinski definition) is 3. The molecule has 0 saturated carbocycles. The van der Waals surface area contributed by atoms with E-state index >= 15 is 0 Å². The highest BCUT2D eigenvalue weighted by molar-refractivity contribution is 5.32. The highest BCUT2D eigenvalue weighted by Gasteiger charge is 2.15. The SMILES string of the molecule is [2H]c1c(OC)cccc1OC1CCCCO1. The molecule has 0 spiro atoms. The molecule has 82 valence electrons. The predicted octanol–water partition coefficient (Wildman–Crippen LogP) is 2.60. The summed E-state index contributed by atoms with van der Waals surface area (Å²) in [6.45, 7) is 0.738. The van der Waals surface area contributed by atoms with Crippen molar-refractivity contribution in [1.82, 2.24) is 0 Å². The van der Waals surface area contributed by atoms with Crippen molar-refractivity contribution in [2.24, 2.45) is 0 Å². The molecule has 3 heteroatoms. The third-order valence-electron chi connectivity index (χ3n) is 2.36. The summed E-state index contributed by atoms with van der Waals surface area (Å²) in [4.78, 5) is 0. The van der Waals surface area contributed by atoms with Gasteiger partial charge in [-0.1, -0.05) is 6.07 Å². The largest absolute Gasteiger partial charge is 0.497 e. The Kier molecular flexibility index (Phi) is 3.03. The van der Waals surface area contributed by atoms with Crippen LogP contribution >= 0.6 is 0 Å². The fraction of sp³-hybridized carbons (Fsp3) is 0.500. The molecule has 1 unspecified atom stereocenters. The van der Waals surface area contributed by atoms with Crippen molar-refractivity contribution in [2.75, 3.05) is 13.7 Å². The van der Waals surface area contributed by atoms with E-state index in [1.165, 1.54) is 0 Å². The molecular weight excluding hydrogens is 192 g/mol. The monoisotopic (exact) mass is 209 g/mol. The lowest BCUT2D eigenvalue weighted by Gasteiger charge is -2.23. The van der Waals surface area contributed by atoms with Crippen LogP contribution in [-0.4, -0.2) is 20.0 Å². The second-order valence-electron chi connectivity index (χ2n) is 3.50. The fourth-order valence-electron chi connectivity index (χ4n) is 1.56. The predicted molar refractivity (Wildman–Crippen MR) is 57.2 cm³/mol. The lowest BCUT2D eigenvalue weighted by atomic mass is 10.2. The number of ether oxygens (including phenoxy) is 3.